The first kappa shape index (κ1) is 19.1. The van der Waals surface area contributed by atoms with Gasteiger partial charge >= 0.3 is 6.03 Å². The topological polar surface area (TPSA) is 98.4 Å². The monoisotopic (exact) mass is 409 g/mol. The Kier molecular flexibility index (Phi) is 4.92. The predicted molar refractivity (Wildman–Crippen MR) is 112 cm³/mol. The third-order valence-corrected chi connectivity index (χ3v) is 6.79. The highest BCUT2D eigenvalue weighted by Gasteiger charge is 2.50. The summed E-state index contributed by atoms with van der Waals surface area (Å²) >= 11 is 0. The molecule has 2 unspecified atom stereocenters. The van der Waals surface area contributed by atoms with Crippen LogP contribution in [0.5, 0.6) is 0 Å². The summed E-state index contributed by atoms with van der Waals surface area (Å²) in [7, 11) is 0. The maximum absolute atomic E-state index is 13.3. The first-order valence-electron chi connectivity index (χ1n) is 11.0. The van der Waals surface area contributed by atoms with Gasteiger partial charge in [-0.15, -0.1) is 0 Å². The van der Waals surface area contributed by atoms with E-state index in [1.54, 1.807) is 4.90 Å². The Morgan fingerprint density at radius 3 is 2.67 bits per heavy atom. The summed E-state index contributed by atoms with van der Waals surface area (Å²) in [4.78, 5) is 49.8. The van der Waals surface area contributed by atoms with Crippen molar-refractivity contribution in [2.24, 2.45) is 5.92 Å². The van der Waals surface area contributed by atoms with E-state index in [1.165, 1.54) is 4.90 Å². The van der Waals surface area contributed by atoms with Crippen molar-refractivity contribution in [2.75, 3.05) is 11.9 Å². The van der Waals surface area contributed by atoms with E-state index in [4.69, 9.17) is 0 Å². The molecule has 8 nitrogen and oxygen atoms in total. The van der Waals surface area contributed by atoms with E-state index in [-0.39, 0.29) is 42.4 Å². The number of imide groups is 1. The predicted octanol–water partition coefficient (Wildman–Crippen LogP) is 3.27. The van der Waals surface area contributed by atoms with Gasteiger partial charge in [-0.05, 0) is 37.8 Å². The normalized spacial score (nSPS) is 25.1. The van der Waals surface area contributed by atoms with E-state index in [0.29, 0.717) is 5.95 Å². The van der Waals surface area contributed by atoms with Gasteiger partial charge in [0.05, 0.1) is 17.0 Å². The fourth-order valence-corrected chi connectivity index (χ4v) is 5.35. The van der Waals surface area contributed by atoms with E-state index in [9.17, 15) is 14.4 Å². The third-order valence-electron chi connectivity index (χ3n) is 6.79. The van der Waals surface area contributed by atoms with Crippen LogP contribution in [0.4, 0.5) is 10.7 Å². The molecule has 0 bridgehead atoms. The molecule has 2 saturated carbocycles. The van der Waals surface area contributed by atoms with Crippen LogP contribution in [0.1, 0.15) is 51.4 Å². The van der Waals surface area contributed by atoms with Gasteiger partial charge in [0.25, 0.3) is 0 Å². The van der Waals surface area contributed by atoms with E-state index in [2.05, 4.69) is 15.3 Å². The minimum Gasteiger partial charge on any atom is -0.324 e. The minimum atomic E-state index is -0.300. The highest BCUT2D eigenvalue weighted by Crippen LogP contribution is 2.38. The number of benzene rings is 1. The van der Waals surface area contributed by atoms with Gasteiger partial charge in [0.1, 0.15) is 6.54 Å². The van der Waals surface area contributed by atoms with Crippen LogP contribution in [0.25, 0.3) is 11.0 Å². The van der Waals surface area contributed by atoms with E-state index in [0.717, 1.165) is 62.4 Å². The van der Waals surface area contributed by atoms with Gasteiger partial charge in [0.2, 0.25) is 17.8 Å². The van der Waals surface area contributed by atoms with Crippen molar-refractivity contribution in [1.82, 2.24) is 19.8 Å². The van der Waals surface area contributed by atoms with Crippen LogP contribution in [0.2, 0.25) is 0 Å². The number of nitrogens with one attached hydrogen (secondary N) is 2. The molecular formula is C22H27N5O3. The Labute approximate surface area is 175 Å². The van der Waals surface area contributed by atoms with Gasteiger partial charge in [0, 0.05) is 12.1 Å². The number of amides is 4. The number of hydrogen-bond acceptors (Lipinski definition) is 4. The van der Waals surface area contributed by atoms with Crippen LogP contribution in [0.15, 0.2) is 24.3 Å². The number of aromatic nitrogens is 2. The number of imidazole rings is 1. The number of nitrogens with zero attached hydrogens (tertiary/aromatic N) is 3. The van der Waals surface area contributed by atoms with Crippen molar-refractivity contribution in [3.63, 3.8) is 0 Å². The number of aromatic amines is 1. The van der Waals surface area contributed by atoms with Crippen LogP contribution in [0.3, 0.4) is 0 Å². The smallest absolute Gasteiger partial charge is 0.324 e. The van der Waals surface area contributed by atoms with Crippen molar-refractivity contribution >= 4 is 34.8 Å². The number of carbonyl (C=O) groups excluding carboxylic acids is 3. The summed E-state index contributed by atoms with van der Waals surface area (Å²) in [6, 6.07) is 7.05. The largest absolute Gasteiger partial charge is 0.327 e. The van der Waals surface area contributed by atoms with Crippen LogP contribution in [-0.4, -0.2) is 56.2 Å². The molecule has 0 spiro atoms. The highest BCUT2D eigenvalue weighted by atomic mass is 16.2. The van der Waals surface area contributed by atoms with Gasteiger partial charge in [-0.3, -0.25) is 19.8 Å². The van der Waals surface area contributed by atoms with E-state index >= 15 is 0 Å². The lowest BCUT2D eigenvalue weighted by atomic mass is 9.90. The number of para-hydroxylation sites is 2. The SMILES string of the molecule is O=C(CN1C(=O)N(C2CCCCC2)C(=O)C2CCCC21)Nc1nc2ccccc2[nH]1. The molecule has 0 radical (unpaired) electrons. The van der Waals surface area contributed by atoms with Gasteiger partial charge < -0.3 is 9.88 Å². The molecule has 8 heteroatoms. The number of rotatable bonds is 4. The Bertz CT molecular complexity index is 947. The van der Waals surface area contributed by atoms with Crippen LogP contribution in [-0.2, 0) is 9.59 Å². The van der Waals surface area contributed by atoms with Crippen LogP contribution in [0, 0.1) is 5.92 Å². The van der Waals surface area contributed by atoms with Gasteiger partial charge in [-0.25, -0.2) is 9.78 Å². The number of anilines is 1. The van der Waals surface area contributed by atoms with Gasteiger partial charge in [-0.2, -0.15) is 0 Å². The first-order chi connectivity index (χ1) is 14.6. The Hall–Kier alpha value is -2.90. The molecular weight excluding hydrogens is 382 g/mol. The molecule has 2 atom stereocenters. The molecule has 30 heavy (non-hydrogen) atoms. The summed E-state index contributed by atoms with van der Waals surface area (Å²) in [5.74, 6) is -0.133. The third kappa shape index (κ3) is 3.34. The molecule has 5 rings (SSSR count). The molecule has 2 N–H and O–H groups in total. The average Bonchev–Trinajstić information content (AvgIpc) is 3.39. The zero-order valence-electron chi connectivity index (χ0n) is 17.0. The van der Waals surface area contributed by atoms with Crippen molar-refractivity contribution < 1.29 is 14.4 Å². The zero-order chi connectivity index (χ0) is 20.7. The molecule has 3 aliphatic rings. The molecule has 1 saturated heterocycles. The van der Waals surface area contributed by atoms with Gasteiger partial charge in [-0.1, -0.05) is 37.8 Å². The van der Waals surface area contributed by atoms with E-state index < -0.39 is 0 Å². The lowest BCUT2D eigenvalue weighted by molar-refractivity contribution is -0.141. The zero-order valence-corrected chi connectivity index (χ0v) is 17.0. The fraction of sp³-hybridized carbons (Fsp3) is 0.545. The number of carbonyl (C=O) groups is 3. The molecule has 2 aromatic rings. The number of fused-ring (bicyclic) bond motifs is 2. The number of H-pyrrole nitrogens is 1. The second kappa shape index (κ2) is 7.74. The summed E-state index contributed by atoms with van der Waals surface area (Å²) in [6.07, 6.45) is 7.46. The van der Waals surface area contributed by atoms with Crippen molar-refractivity contribution in [3.05, 3.63) is 24.3 Å². The van der Waals surface area contributed by atoms with E-state index in [1.807, 2.05) is 24.3 Å². The van der Waals surface area contributed by atoms with Gasteiger partial charge in [0.15, 0.2) is 0 Å². The van der Waals surface area contributed by atoms with Crippen molar-refractivity contribution in [3.8, 4) is 0 Å². The lowest BCUT2D eigenvalue weighted by Crippen LogP contribution is -2.64. The second-order valence-corrected chi connectivity index (χ2v) is 8.67. The lowest BCUT2D eigenvalue weighted by Gasteiger charge is -2.45. The summed E-state index contributed by atoms with van der Waals surface area (Å²) in [5.41, 5.74) is 1.61. The molecule has 2 heterocycles. The number of urea groups is 1. The minimum absolute atomic E-state index is 0.0247. The quantitative estimate of drug-likeness (QED) is 0.810. The summed E-state index contributed by atoms with van der Waals surface area (Å²) in [6.45, 7) is -0.0620. The molecule has 158 valence electrons. The standard InChI is InChI=1S/C22H27N5O3/c28-19(25-21-23-16-10-4-5-11-17(16)24-21)13-26-18-12-6-9-15(18)20(29)27(22(26)30)14-7-2-1-3-8-14/h4-5,10-11,14-15,18H,1-3,6-9,12-13H2,(H2,23,24,25,28). The van der Waals surface area contributed by atoms with Crippen molar-refractivity contribution in [2.45, 2.75) is 63.5 Å². The number of hydrogen-bond donors (Lipinski definition) is 2. The molecule has 4 amide bonds. The molecule has 1 aromatic heterocycles. The molecule has 1 aliphatic heterocycles. The molecule has 3 fully saturated rings. The Morgan fingerprint density at radius 2 is 1.87 bits per heavy atom. The summed E-state index contributed by atoms with van der Waals surface area (Å²) < 4.78 is 0. The first-order valence-corrected chi connectivity index (χ1v) is 11.0. The van der Waals surface area contributed by atoms with Crippen LogP contribution < -0.4 is 5.32 Å². The second-order valence-electron chi connectivity index (χ2n) is 8.67. The fourth-order valence-electron chi connectivity index (χ4n) is 5.35. The molecule has 2 aliphatic carbocycles. The summed E-state index contributed by atoms with van der Waals surface area (Å²) in [5, 5.41) is 2.78. The van der Waals surface area contributed by atoms with Crippen LogP contribution >= 0.6 is 0 Å². The Balaban J connectivity index is 1.34. The van der Waals surface area contributed by atoms with Crippen molar-refractivity contribution in [1.29, 1.82) is 0 Å². The molecule has 1 aromatic carbocycles. The average molecular weight is 409 g/mol. The highest BCUT2D eigenvalue weighted by molar-refractivity contribution is 6.02. The Morgan fingerprint density at radius 1 is 1.07 bits per heavy atom. The maximum atomic E-state index is 13.3. The maximum Gasteiger partial charge on any atom is 0.327 e.